The molecule has 160 valence electrons. The van der Waals surface area contributed by atoms with Crippen molar-refractivity contribution in [2.75, 3.05) is 24.9 Å². The van der Waals surface area contributed by atoms with Crippen molar-refractivity contribution in [3.63, 3.8) is 0 Å². The van der Waals surface area contributed by atoms with Crippen LogP contribution in [0.25, 0.3) is 0 Å². The van der Waals surface area contributed by atoms with E-state index in [1.54, 1.807) is 12.3 Å². The highest BCUT2D eigenvalue weighted by molar-refractivity contribution is 6.30. The number of esters is 1. The molecule has 1 aliphatic rings. The number of ether oxygens (including phenoxy) is 1. The highest BCUT2D eigenvalue weighted by Crippen LogP contribution is 2.31. The third-order valence-electron chi connectivity index (χ3n) is 4.13. The van der Waals surface area contributed by atoms with E-state index in [9.17, 15) is 4.79 Å². The molecule has 0 bridgehead atoms. The van der Waals surface area contributed by atoms with Gasteiger partial charge in [0.05, 0.1) is 29.9 Å². The van der Waals surface area contributed by atoms with Crippen molar-refractivity contribution in [2.24, 2.45) is 0 Å². The van der Waals surface area contributed by atoms with Gasteiger partial charge in [-0.05, 0) is 37.4 Å². The summed E-state index contributed by atoms with van der Waals surface area (Å²) >= 11 is 15.6. The third-order valence-corrected chi connectivity index (χ3v) is 4.60. The molecule has 9 heteroatoms. The van der Waals surface area contributed by atoms with Crippen LogP contribution in [-0.4, -0.2) is 40.5 Å². The molecule has 0 atom stereocenters. The number of methoxy groups -OCH3 is 1. The zero-order valence-electron chi connectivity index (χ0n) is 17.2. The quantitative estimate of drug-likeness (QED) is 0.453. The molecule has 0 aliphatic carbocycles. The van der Waals surface area contributed by atoms with Crippen molar-refractivity contribution in [2.45, 2.75) is 39.7 Å². The van der Waals surface area contributed by atoms with Crippen LogP contribution in [0, 0.1) is 0 Å². The van der Waals surface area contributed by atoms with Crippen LogP contribution in [0.4, 0.5) is 11.8 Å². The SMILES string of the molecule is C/C=C/Cl.CCc1nc2n(c1CC(=O)OC)CCCN2c1ccc(Cl)cn1.CCl. The van der Waals surface area contributed by atoms with E-state index in [0.29, 0.717) is 5.02 Å². The van der Waals surface area contributed by atoms with Crippen molar-refractivity contribution in [1.29, 1.82) is 0 Å². The van der Waals surface area contributed by atoms with Gasteiger partial charge < -0.3 is 9.30 Å². The molecule has 2 aromatic heterocycles. The number of pyridine rings is 1. The number of hydrogen-bond donors (Lipinski definition) is 0. The van der Waals surface area contributed by atoms with Gasteiger partial charge in [-0.3, -0.25) is 9.69 Å². The van der Waals surface area contributed by atoms with Crippen LogP contribution in [0.1, 0.15) is 31.7 Å². The zero-order valence-corrected chi connectivity index (χ0v) is 19.4. The number of alkyl halides is 1. The van der Waals surface area contributed by atoms with E-state index in [2.05, 4.69) is 26.1 Å². The van der Waals surface area contributed by atoms with Crippen molar-refractivity contribution < 1.29 is 9.53 Å². The molecule has 0 spiro atoms. The summed E-state index contributed by atoms with van der Waals surface area (Å²) in [6.45, 7) is 5.60. The van der Waals surface area contributed by atoms with Gasteiger partial charge >= 0.3 is 5.97 Å². The Morgan fingerprint density at radius 2 is 2.00 bits per heavy atom. The standard InChI is InChI=1S/C16H19ClN4O2.C3H5Cl.CH3Cl/c1-3-12-13(9-15(22)23-2)20-7-4-8-21(16(20)19-12)14-6-5-11(17)10-18-14;1-2-3-4;1-2/h5-6,10H,3-4,7-9H2,1-2H3;2-3H,1H3;1H3/b;3-2+;. The van der Waals surface area contributed by atoms with Gasteiger partial charge in [-0.1, -0.05) is 36.2 Å². The van der Waals surface area contributed by atoms with E-state index in [4.69, 9.17) is 32.9 Å². The Balaban J connectivity index is 0.000000627. The summed E-state index contributed by atoms with van der Waals surface area (Å²) in [5.74, 6) is 1.40. The second-order valence-corrected chi connectivity index (χ2v) is 6.55. The maximum Gasteiger partial charge on any atom is 0.311 e. The third kappa shape index (κ3) is 6.91. The zero-order chi connectivity index (χ0) is 21.8. The number of carbonyl (C=O) groups excluding carboxylic acids is 1. The molecule has 0 aromatic carbocycles. The van der Waals surface area contributed by atoms with Crippen LogP contribution in [0.15, 0.2) is 29.9 Å². The Kier molecular flexibility index (Phi) is 11.7. The molecule has 0 saturated heterocycles. The van der Waals surface area contributed by atoms with Gasteiger partial charge in [0.15, 0.2) is 0 Å². The summed E-state index contributed by atoms with van der Waals surface area (Å²) in [5.41, 5.74) is 3.35. The molecule has 29 heavy (non-hydrogen) atoms. The van der Waals surface area contributed by atoms with Crippen LogP contribution >= 0.6 is 34.8 Å². The van der Waals surface area contributed by atoms with Crippen molar-refractivity contribution in [1.82, 2.24) is 14.5 Å². The smallest absolute Gasteiger partial charge is 0.311 e. The molecule has 0 fully saturated rings. The number of imidazole rings is 1. The lowest BCUT2D eigenvalue weighted by Gasteiger charge is -2.28. The van der Waals surface area contributed by atoms with Gasteiger partial charge in [0.2, 0.25) is 5.95 Å². The molecule has 0 unspecified atom stereocenters. The van der Waals surface area contributed by atoms with Gasteiger partial charge in [0, 0.05) is 25.7 Å². The van der Waals surface area contributed by atoms with E-state index < -0.39 is 0 Å². The fourth-order valence-corrected chi connectivity index (χ4v) is 3.00. The number of carbonyl (C=O) groups is 1. The number of hydrogen-bond acceptors (Lipinski definition) is 5. The maximum absolute atomic E-state index is 11.7. The van der Waals surface area contributed by atoms with Crippen LogP contribution < -0.4 is 4.90 Å². The Labute approximate surface area is 187 Å². The maximum atomic E-state index is 11.7. The van der Waals surface area contributed by atoms with E-state index in [0.717, 1.165) is 49.1 Å². The lowest BCUT2D eigenvalue weighted by atomic mass is 10.2. The Bertz CT molecular complexity index is 788. The van der Waals surface area contributed by atoms with Gasteiger partial charge in [-0.15, -0.1) is 11.6 Å². The van der Waals surface area contributed by atoms with Crippen LogP contribution in [0.2, 0.25) is 5.02 Å². The van der Waals surface area contributed by atoms with E-state index in [1.807, 2.05) is 26.0 Å². The van der Waals surface area contributed by atoms with Gasteiger partial charge in [0.1, 0.15) is 5.82 Å². The number of aryl methyl sites for hydroxylation is 1. The van der Waals surface area contributed by atoms with Gasteiger partial charge in [0.25, 0.3) is 0 Å². The second kappa shape index (κ2) is 13.5. The summed E-state index contributed by atoms with van der Waals surface area (Å²) in [5, 5.41) is 0.606. The number of aromatic nitrogens is 3. The molecule has 1 aliphatic heterocycles. The minimum absolute atomic E-state index is 0.245. The number of rotatable bonds is 4. The van der Waals surface area contributed by atoms with Gasteiger partial charge in [-0.2, -0.15) is 0 Å². The summed E-state index contributed by atoms with van der Waals surface area (Å²) in [4.78, 5) is 22.9. The first-order valence-electron chi connectivity index (χ1n) is 9.19. The van der Waals surface area contributed by atoms with Crippen LogP contribution in [0.5, 0.6) is 0 Å². The molecule has 3 heterocycles. The Morgan fingerprint density at radius 3 is 2.52 bits per heavy atom. The van der Waals surface area contributed by atoms with Crippen LogP contribution in [0.3, 0.4) is 0 Å². The minimum atomic E-state index is -0.246. The number of allylic oxidation sites excluding steroid dienone is 1. The molecule has 0 N–H and O–H groups in total. The highest BCUT2D eigenvalue weighted by Gasteiger charge is 2.26. The first-order chi connectivity index (χ1) is 14.0. The molecule has 0 saturated carbocycles. The highest BCUT2D eigenvalue weighted by atomic mass is 35.5. The van der Waals surface area contributed by atoms with Crippen molar-refractivity contribution in [3.05, 3.63) is 46.4 Å². The molecular formula is C20H27Cl3N4O2. The summed E-state index contributed by atoms with van der Waals surface area (Å²) < 4.78 is 6.92. The van der Waals surface area contributed by atoms with Crippen molar-refractivity contribution >= 4 is 52.5 Å². The van der Waals surface area contributed by atoms with Gasteiger partial charge in [-0.25, -0.2) is 9.97 Å². The lowest BCUT2D eigenvalue weighted by Crippen LogP contribution is -2.29. The molecule has 0 amide bonds. The second-order valence-electron chi connectivity index (χ2n) is 5.86. The predicted molar refractivity (Wildman–Crippen MR) is 121 cm³/mol. The predicted octanol–water partition coefficient (Wildman–Crippen LogP) is 5.37. The lowest BCUT2D eigenvalue weighted by molar-refractivity contribution is -0.139. The first-order valence-corrected chi connectivity index (χ1v) is 10.8. The molecular weight excluding hydrogens is 435 g/mol. The average molecular weight is 462 g/mol. The average Bonchev–Trinajstić information content (AvgIpc) is 3.13. The summed E-state index contributed by atoms with van der Waals surface area (Å²) in [7, 11) is 1.41. The number of nitrogens with zero attached hydrogens (tertiary/aromatic N) is 4. The number of halogens is 3. The summed E-state index contributed by atoms with van der Waals surface area (Å²) in [6, 6.07) is 3.71. The summed E-state index contributed by atoms with van der Waals surface area (Å²) in [6.07, 6.45) is 6.85. The number of anilines is 2. The number of fused-ring (bicyclic) bond motifs is 1. The van der Waals surface area contributed by atoms with E-state index in [-0.39, 0.29) is 12.4 Å². The molecule has 2 aromatic rings. The molecule has 3 rings (SSSR count). The molecule has 6 nitrogen and oxygen atoms in total. The normalized spacial score (nSPS) is 12.4. The Hall–Kier alpha value is -1.76. The fourth-order valence-electron chi connectivity index (χ4n) is 2.88. The Morgan fingerprint density at radius 1 is 1.31 bits per heavy atom. The first kappa shape index (κ1) is 25.3. The topological polar surface area (TPSA) is 60.3 Å². The van der Waals surface area contributed by atoms with Crippen LogP contribution in [-0.2, 0) is 28.9 Å². The van der Waals surface area contributed by atoms with E-state index in [1.165, 1.54) is 19.0 Å². The van der Waals surface area contributed by atoms with E-state index >= 15 is 0 Å². The molecule has 0 radical (unpaired) electrons. The minimum Gasteiger partial charge on any atom is -0.469 e. The van der Waals surface area contributed by atoms with Crippen molar-refractivity contribution in [3.8, 4) is 0 Å². The fraction of sp³-hybridized carbons (Fsp3) is 0.450. The largest absolute Gasteiger partial charge is 0.469 e. The monoisotopic (exact) mass is 460 g/mol.